The van der Waals surface area contributed by atoms with Crippen LogP contribution < -0.4 is 10.2 Å². The molecule has 0 radical (unpaired) electrons. The lowest BCUT2D eigenvalue weighted by atomic mass is 10.2. The standard InChI is InChI=1S/C12H21N3S/c1-6-7-9(2)13-8-11-10(3)14-12(16-11)15(4)5/h6,9,13H,1,7-8H2,2-5H3. The second-order valence-corrected chi connectivity index (χ2v) is 5.27. The summed E-state index contributed by atoms with van der Waals surface area (Å²) in [5, 5.41) is 4.55. The molecule has 1 aromatic heterocycles. The molecular formula is C12H21N3S. The summed E-state index contributed by atoms with van der Waals surface area (Å²) in [5.41, 5.74) is 1.13. The zero-order valence-corrected chi connectivity index (χ0v) is 11.4. The highest BCUT2D eigenvalue weighted by molar-refractivity contribution is 7.15. The van der Waals surface area contributed by atoms with Gasteiger partial charge in [0.05, 0.1) is 5.69 Å². The van der Waals surface area contributed by atoms with Crippen LogP contribution in [0, 0.1) is 6.92 Å². The van der Waals surface area contributed by atoms with Crippen molar-refractivity contribution in [2.75, 3.05) is 19.0 Å². The molecule has 90 valence electrons. The molecule has 0 saturated heterocycles. The highest BCUT2D eigenvalue weighted by Gasteiger charge is 2.09. The van der Waals surface area contributed by atoms with Gasteiger partial charge in [0.15, 0.2) is 5.13 Å². The van der Waals surface area contributed by atoms with Crippen LogP contribution in [0.4, 0.5) is 5.13 Å². The van der Waals surface area contributed by atoms with Crippen LogP contribution in [-0.2, 0) is 6.54 Å². The van der Waals surface area contributed by atoms with Gasteiger partial charge in [-0.3, -0.25) is 0 Å². The molecule has 1 heterocycles. The maximum Gasteiger partial charge on any atom is 0.185 e. The molecule has 1 atom stereocenters. The Bertz CT molecular complexity index is 344. The van der Waals surface area contributed by atoms with Crippen molar-refractivity contribution < 1.29 is 0 Å². The van der Waals surface area contributed by atoms with Crippen molar-refractivity contribution >= 4 is 16.5 Å². The number of rotatable bonds is 6. The molecule has 1 rings (SSSR count). The molecule has 16 heavy (non-hydrogen) atoms. The Balaban J connectivity index is 2.56. The minimum Gasteiger partial charge on any atom is -0.354 e. The monoisotopic (exact) mass is 239 g/mol. The lowest BCUT2D eigenvalue weighted by Gasteiger charge is -2.10. The Morgan fingerprint density at radius 2 is 2.25 bits per heavy atom. The topological polar surface area (TPSA) is 28.2 Å². The molecule has 0 saturated carbocycles. The number of hydrogen-bond acceptors (Lipinski definition) is 4. The number of aromatic nitrogens is 1. The van der Waals surface area contributed by atoms with Gasteiger partial charge in [0.25, 0.3) is 0 Å². The number of nitrogens with one attached hydrogen (secondary N) is 1. The van der Waals surface area contributed by atoms with E-state index < -0.39 is 0 Å². The van der Waals surface area contributed by atoms with E-state index in [2.05, 4.69) is 30.7 Å². The van der Waals surface area contributed by atoms with E-state index in [1.807, 2.05) is 25.1 Å². The van der Waals surface area contributed by atoms with Crippen LogP contribution in [0.15, 0.2) is 12.7 Å². The van der Waals surface area contributed by atoms with Gasteiger partial charge < -0.3 is 10.2 Å². The first-order valence-electron chi connectivity index (χ1n) is 5.52. The van der Waals surface area contributed by atoms with Crippen LogP contribution in [0.5, 0.6) is 0 Å². The Labute approximate surface area is 102 Å². The summed E-state index contributed by atoms with van der Waals surface area (Å²) in [5.74, 6) is 0. The predicted octanol–water partition coefficient (Wildman–Crippen LogP) is 2.57. The van der Waals surface area contributed by atoms with Crippen molar-refractivity contribution in [3.63, 3.8) is 0 Å². The van der Waals surface area contributed by atoms with Gasteiger partial charge in [0.1, 0.15) is 0 Å². The molecule has 0 amide bonds. The first kappa shape index (κ1) is 13.2. The van der Waals surface area contributed by atoms with Gasteiger partial charge in [-0.2, -0.15) is 0 Å². The summed E-state index contributed by atoms with van der Waals surface area (Å²) in [6.45, 7) is 8.88. The van der Waals surface area contributed by atoms with Crippen LogP contribution >= 0.6 is 11.3 Å². The zero-order chi connectivity index (χ0) is 12.1. The Kier molecular flexibility index (Phi) is 4.96. The van der Waals surface area contributed by atoms with Gasteiger partial charge in [0.2, 0.25) is 0 Å². The average Bonchev–Trinajstić information content (AvgIpc) is 2.58. The van der Waals surface area contributed by atoms with E-state index in [1.165, 1.54) is 4.88 Å². The molecule has 0 aliphatic rings. The van der Waals surface area contributed by atoms with Gasteiger partial charge in [-0.15, -0.1) is 17.9 Å². The quantitative estimate of drug-likeness (QED) is 0.773. The maximum absolute atomic E-state index is 4.52. The van der Waals surface area contributed by atoms with Crippen molar-refractivity contribution in [2.24, 2.45) is 0 Å². The number of aryl methyl sites for hydroxylation is 1. The number of thiazole rings is 1. The summed E-state index contributed by atoms with van der Waals surface area (Å²) in [6, 6.07) is 0.474. The molecule has 0 aliphatic carbocycles. The minimum atomic E-state index is 0.474. The second-order valence-electron chi connectivity index (χ2n) is 4.21. The van der Waals surface area contributed by atoms with Gasteiger partial charge in [0, 0.05) is 31.6 Å². The molecule has 0 bridgehead atoms. The smallest absolute Gasteiger partial charge is 0.185 e. The third-order valence-electron chi connectivity index (χ3n) is 2.40. The van der Waals surface area contributed by atoms with E-state index >= 15 is 0 Å². The van der Waals surface area contributed by atoms with Crippen LogP contribution in [0.2, 0.25) is 0 Å². The summed E-state index contributed by atoms with van der Waals surface area (Å²) in [6.07, 6.45) is 2.95. The molecule has 0 spiro atoms. The molecule has 1 unspecified atom stereocenters. The van der Waals surface area contributed by atoms with E-state index in [0.717, 1.165) is 23.8 Å². The predicted molar refractivity (Wildman–Crippen MR) is 72.3 cm³/mol. The average molecular weight is 239 g/mol. The summed E-state index contributed by atoms with van der Waals surface area (Å²) < 4.78 is 0. The summed E-state index contributed by atoms with van der Waals surface area (Å²) >= 11 is 1.75. The summed E-state index contributed by atoms with van der Waals surface area (Å²) in [4.78, 5) is 7.89. The van der Waals surface area contributed by atoms with Crippen molar-refractivity contribution in [2.45, 2.75) is 32.9 Å². The normalized spacial score (nSPS) is 12.5. The molecule has 1 aromatic rings. The third-order valence-corrected chi connectivity index (χ3v) is 3.72. The molecule has 0 aliphatic heterocycles. The lowest BCUT2D eigenvalue weighted by Crippen LogP contribution is -2.24. The van der Waals surface area contributed by atoms with E-state index in [0.29, 0.717) is 6.04 Å². The van der Waals surface area contributed by atoms with Crippen molar-refractivity contribution in [3.8, 4) is 0 Å². The van der Waals surface area contributed by atoms with Crippen LogP contribution in [0.25, 0.3) is 0 Å². The molecule has 0 fully saturated rings. The maximum atomic E-state index is 4.52. The first-order valence-corrected chi connectivity index (χ1v) is 6.34. The van der Waals surface area contributed by atoms with Crippen molar-refractivity contribution in [1.82, 2.24) is 10.3 Å². The number of nitrogens with zero attached hydrogens (tertiary/aromatic N) is 2. The highest BCUT2D eigenvalue weighted by atomic mass is 32.1. The van der Waals surface area contributed by atoms with E-state index in [4.69, 9.17) is 0 Å². The zero-order valence-electron chi connectivity index (χ0n) is 10.6. The molecule has 3 nitrogen and oxygen atoms in total. The third kappa shape index (κ3) is 3.61. The number of hydrogen-bond donors (Lipinski definition) is 1. The molecule has 4 heteroatoms. The van der Waals surface area contributed by atoms with Gasteiger partial charge in [-0.25, -0.2) is 4.98 Å². The van der Waals surface area contributed by atoms with Gasteiger partial charge in [-0.1, -0.05) is 6.08 Å². The van der Waals surface area contributed by atoms with Crippen LogP contribution in [0.1, 0.15) is 23.9 Å². The number of anilines is 1. The summed E-state index contributed by atoms with van der Waals surface area (Å²) in [7, 11) is 4.05. The largest absolute Gasteiger partial charge is 0.354 e. The van der Waals surface area contributed by atoms with Crippen molar-refractivity contribution in [1.29, 1.82) is 0 Å². The van der Waals surface area contributed by atoms with Crippen molar-refractivity contribution in [3.05, 3.63) is 23.2 Å². The molecule has 0 aromatic carbocycles. The lowest BCUT2D eigenvalue weighted by molar-refractivity contribution is 0.556. The van der Waals surface area contributed by atoms with Crippen LogP contribution in [0.3, 0.4) is 0 Å². The minimum absolute atomic E-state index is 0.474. The van der Waals surface area contributed by atoms with Gasteiger partial charge >= 0.3 is 0 Å². The molecular weight excluding hydrogens is 218 g/mol. The van der Waals surface area contributed by atoms with E-state index in [1.54, 1.807) is 11.3 Å². The van der Waals surface area contributed by atoms with Gasteiger partial charge in [-0.05, 0) is 20.3 Å². The SMILES string of the molecule is C=CCC(C)NCc1sc(N(C)C)nc1C. The fourth-order valence-corrected chi connectivity index (χ4v) is 2.30. The first-order chi connectivity index (χ1) is 7.54. The Morgan fingerprint density at radius 1 is 1.56 bits per heavy atom. The Hall–Kier alpha value is -0.870. The fraction of sp³-hybridized carbons (Fsp3) is 0.583. The highest BCUT2D eigenvalue weighted by Crippen LogP contribution is 2.24. The fourth-order valence-electron chi connectivity index (χ4n) is 1.37. The van der Waals surface area contributed by atoms with E-state index in [9.17, 15) is 0 Å². The Morgan fingerprint density at radius 3 is 2.75 bits per heavy atom. The van der Waals surface area contributed by atoms with Crippen LogP contribution in [-0.4, -0.2) is 25.1 Å². The van der Waals surface area contributed by atoms with E-state index in [-0.39, 0.29) is 0 Å². The second kappa shape index (κ2) is 6.01. The molecule has 1 N–H and O–H groups in total.